The smallest absolute Gasteiger partial charge is 0.185 e. The first kappa shape index (κ1) is 26.3. The van der Waals surface area contributed by atoms with Crippen LogP contribution in [-0.2, 0) is 0 Å². The lowest BCUT2D eigenvalue weighted by Gasteiger charge is -2.16. The number of rotatable bonds is 16. The van der Waals surface area contributed by atoms with Crippen LogP contribution in [0.15, 0.2) is 42.5 Å². The van der Waals surface area contributed by atoms with E-state index >= 15 is 0 Å². The molecule has 0 aliphatic heterocycles. The van der Waals surface area contributed by atoms with E-state index in [9.17, 15) is 4.79 Å². The predicted octanol–water partition coefficient (Wildman–Crippen LogP) is 7.13. The van der Waals surface area contributed by atoms with Crippen molar-refractivity contribution in [3.8, 4) is 23.0 Å². The minimum absolute atomic E-state index is 0.105. The van der Waals surface area contributed by atoms with E-state index in [1.807, 2.05) is 24.3 Å². The summed E-state index contributed by atoms with van der Waals surface area (Å²) in [5.41, 5.74) is 1.33. The van der Waals surface area contributed by atoms with Crippen LogP contribution < -0.4 is 18.9 Å². The first-order valence-electron chi connectivity index (χ1n) is 12.1. The molecule has 0 aliphatic carbocycles. The molecule has 0 spiro atoms. The summed E-state index contributed by atoms with van der Waals surface area (Å²) < 4.78 is 23.2. The number of ketones is 1. The maximum atomic E-state index is 12.9. The topological polar surface area (TPSA) is 54.0 Å². The molecule has 0 fully saturated rings. The Kier molecular flexibility index (Phi) is 11.9. The van der Waals surface area contributed by atoms with Crippen molar-refractivity contribution in [3.05, 3.63) is 53.6 Å². The second-order valence-corrected chi connectivity index (χ2v) is 7.88. The third kappa shape index (κ3) is 8.83. The number of hydrogen-bond acceptors (Lipinski definition) is 5. The molecular formula is C28H38O5. The van der Waals surface area contributed by atoms with E-state index < -0.39 is 0 Å². The second kappa shape index (κ2) is 15.0. The lowest BCUT2D eigenvalue weighted by Crippen LogP contribution is -2.03. The fraction of sp³-hybridized carbons (Fsp3) is 0.464. The Morgan fingerprint density at radius 3 is 2.09 bits per heavy atom. The molecule has 0 amide bonds. The largest absolute Gasteiger partial charge is 0.494 e. The van der Waals surface area contributed by atoms with Gasteiger partial charge in [0.05, 0.1) is 26.9 Å². The number of unbranched alkanes of at least 4 members (excludes halogenated alkanes) is 3. The van der Waals surface area contributed by atoms with E-state index in [1.165, 1.54) is 0 Å². The Labute approximate surface area is 198 Å². The van der Waals surface area contributed by atoms with Gasteiger partial charge in [0.15, 0.2) is 17.3 Å². The normalized spacial score (nSPS) is 10.9. The van der Waals surface area contributed by atoms with Crippen LogP contribution in [0.3, 0.4) is 0 Å². The highest BCUT2D eigenvalue weighted by Gasteiger charge is 2.14. The maximum Gasteiger partial charge on any atom is 0.185 e. The highest BCUT2D eigenvalue weighted by atomic mass is 16.5. The van der Waals surface area contributed by atoms with Crippen LogP contribution in [0, 0.1) is 0 Å². The lowest BCUT2D eigenvalue weighted by molar-refractivity contribution is 0.104. The van der Waals surface area contributed by atoms with Crippen molar-refractivity contribution in [3.63, 3.8) is 0 Å². The predicted molar refractivity (Wildman–Crippen MR) is 134 cm³/mol. The molecule has 0 saturated carbocycles. The van der Waals surface area contributed by atoms with Gasteiger partial charge in [-0.15, -0.1) is 0 Å². The summed E-state index contributed by atoms with van der Waals surface area (Å²) in [7, 11) is 1.61. The van der Waals surface area contributed by atoms with Crippen LogP contribution >= 0.6 is 0 Å². The first-order chi connectivity index (χ1) is 16.1. The molecule has 0 aromatic heterocycles. The molecule has 2 aromatic carbocycles. The Balaban J connectivity index is 2.27. The molecular weight excluding hydrogens is 416 g/mol. The zero-order valence-corrected chi connectivity index (χ0v) is 20.5. The number of methoxy groups -OCH3 is 1. The molecule has 5 nitrogen and oxygen atoms in total. The zero-order chi connectivity index (χ0) is 23.9. The fourth-order valence-electron chi connectivity index (χ4n) is 3.10. The van der Waals surface area contributed by atoms with Crippen LogP contribution in [0.25, 0.3) is 6.08 Å². The zero-order valence-electron chi connectivity index (χ0n) is 20.5. The number of allylic oxidation sites excluding steroid dienone is 1. The van der Waals surface area contributed by atoms with Gasteiger partial charge in [-0.05, 0) is 49.6 Å². The van der Waals surface area contributed by atoms with Crippen molar-refractivity contribution < 1.29 is 23.7 Å². The molecule has 0 heterocycles. The molecule has 2 aromatic rings. The van der Waals surface area contributed by atoms with Gasteiger partial charge < -0.3 is 18.9 Å². The summed E-state index contributed by atoms with van der Waals surface area (Å²) in [6, 6.07) is 11.0. The van der Waals surface area contributed by atoms with Crippen LogP contribution in [0.1, 0.15) is 75.2 Å². The van der Waals surface area contributed by atoms with E-state index in [2.05, 4.69) is 20.8 Å². The van der Waals surface area contributed by atoms with Crippen molar-refractivity contribution >= 4 is 11.9 Å². The molecule has 0 radical (unpaired) electrons. The van der Waals surface area contributed by atoms with Crippen LogP contribution in [0.4, 0.5) is 0 Å². The van der Waals surface area contributed by atoms with Gasteiger partial charge in [0.1, 0.15) is 11.5 Å². The van der Waals surface area contributed by atoms with Crippen molar-refractivity contribution in [1.82, 2.24) is 0 Å². The number of ether oxygens (including phenoxy) is 4. The van der Waals surface area contributed by atoms with Gasteiger partial charge in [0.2, 0.25) is 0 Å². The lowest BCUT2D eigenvalue weighted by atomic mass is 10.1. The van der Waals surface area contributed by atoms with E-state index in [4.69, 9.17) is 18.9 Å². The van der Waals surface area contributed by atoms with Gasteiger partial charge in [-0.1, -0.05) is 52.2 Å². The van der Waals surface area contributed by atoms with E-state index in [0.717, 1.165) is 44.1 Å². The number of benzene rings is 2. The standard InChI is InChI=1S/C28H38O5/c1-5-8-16-31-24-13-11-12-22(19-24)26(29)15-14-23-20-25(32-17-9-6-2)21-27(30-4)28(23)33-18-10-7-3/h11-15,19-21H,5-10,16-18H2,1-4H3/b15-14+. The first-order valence-corrected chi connectivity index (χ1v) is 12.1. The van der Waals surface area contributed by atoms with E-state index in [1.54, 1.807) is 31.4 Å². The third-order valence-corrected chi connectivity index (χ3v) is 5.09. The van der Waals surface area contributed by atoms with Gasteiger partial charge in [0.25, 0.3) is 0 Å². The Morgan fingerprint density at radius 1 is 0.818 bits per heavy atom. The summed E-state index contributed by atoms with van der Waals surface area (Å²) in [6.45, 7) is 8.21. The monoisotopic (exact) mass is 454 g/mol. The molecule has 33 heavy (non-hydrogen) atoms. The second-order valence-electron chi connectivity index (χ2n) is 7.88. The summed E-state index contributed by atoms with van der Waals surface area (Å²) in [6.07, 6.45) is 9.36. The molecule has 5 heteroatoms. The fourth-order valence-corrected chi connectivity index (χ4v) is 3.10. The molecule has 0 unspecified atom stereocenters. The van der Waals surface area contributed by atoms with Crippen molar-refractivity contribution in [2.45, 2.75) is 59.3 Å². The summed E-state index contributed by atoms with van der Waals surface area (Å²) in [4.78, 5) is 12.9. The van der Waals surface area contributed by atoms with Gasteiger partial charge in [0, 0.05) is 17.2 Å². The van der Waals surface area contributed by atoms with E-state index in [0.29, 0.717) is 48.4 Å². The minimum Gasteiger partial charge on any atom is -0.494 e. The number of hydrogen-bond donors (Lipinski definition) is 0. The van der Waals surface area contributed by atoms with Gasteiger partial charge in [-0.2, -0.15) is 0 Å². The summed E-state index contributed by atoms with van der Waals surface area (Å²) in [5, 5.41) is 0. The quantitative estimate of drug-likeness (QED) is 0.153. The SMILES string of the molecule is CCCCOc1cccc(C(=O)/C=C/c2cc(OCCCC)cc(OC)c2OCCCC)c1. The molecule has 180 valence electrons. The molecule has 0 bridgehead atoms. The number of carbonyl (C=O) groups is 1. The van der Waals surface area contributed by atoms with E-state index in [-0.39, 0.29) is 5.78 Å². The third-order valence-electron chi connectivity index (χ3n) is 5.09. The number of carbonyl (C=O) groups excluding carboxylic acids is 1. The average Bonchev–Trinajstić information content (AvgIpc) is 2.83. The minimum atomic E-state index is -0.105. The van der Waals surface area contributed by atoms with Crippen LogP contribution in [-0.4, -0.2) is 32.7 Å². The Morgan fingerprint density at radius 2 is 1.45 bits per heavy atom. The van der Waals surface area contributed by atoms with Gasteiger partial charge >= 0.3 is 0 Å². The van der Waals surface area contributed by atoms with Gasteiger partial charge in [-0.25, -0.2) is 0 Å². The molecule has 0 N–H and O–H groups in total. The highest BCUT2D eigenvalue weighted by molar-refractivity contribution is 6.07. The van der Waals surface area contributed by atoms with Crippen molar-refractivity contribution in [1.29, 1.82) is 0 Å². The van der Waals surface area contributed by atoms with Gasteiger partial charge in [-0.3, -0.25) is 4.79 Å². The molecule has 2 rings (SSSR count). The summed E-state index contributed by atoms with van der Waals surface area (Å²) in [5.74, 6) is 2.51. The van der Waals surface area contributed by atoms with Crippen molar-refractivity contribution in [2.24, 2.45) is 0 Å². The molecule has 0 aliphatic rings. The van der Waals surface area contributed by atoms with Crippen LogP contribution in [0.5, 0.6) is 23.0 Å². The maximum absolute atomic E-state index is 12.9. The molecule has 0 atom stereocenters. The van der Waals surface area contributed by atoms with Crippen LogP contribution in [0.2, 0.25) is 0 Å². The summed E-state index contributed by atoms with van der Waals surface area (Å²) >= 11 is 0. The van der Waals surface area contributed by atoms with Crippen molar-refractivity contribution in [2.75, 3.05) is 26.9 Å². The highest BCUT2D eigenvalue weighted by Crippen LogP contribution is 2.37. The Hall–Kier alpha value is -2.95. The average molecular weight is 455 g/mol. The molecule has 0 saturated heterocycles. The Bertz CT molecular complexity index is 888.